The van der Waals surface area contributed by atoms with E-state index in [1.54, 1.807) is 0 Å². The molecule has 0 rings (SSSR count). The highest BCUT2D eigenvalue weighted by Gasteiger charge is 2.22. The Hall–Kier alpha value is -0.740. The Bertz CT molecular complexity index is 221. The third-order valence-electron chi connectivity index (χ3n) is 2.31. The molecule has 0 saturated heterocycles. The summed E-state index contributed by atoms with van der Waals surface area (Å²) in [5, 5.41) is 0. The number of hydrogen-bond acceptors (Lipinski definition) is 4. The molecule has 0 amide bonds. The van der Waals surface area contributed by atoms with Crippen molar-refractivity contribution in [2.24, 2.45) is 0 Å². The second kappa shape index (κ2) is 6.76. The second-order valence-corrected chi connectivity index (χ2v) is 4.97. The molecule has 0 heterocycles. The van der Waals surface area contributed by atoms with E-state index in [1.807, 2.05) is 27.7 Å². The molecule has 0 aromatic carbocycles. The predicted octanol–water partition coefficient (Wildman–Crippen LogP) is 1.75. The van der Waals surface area contributed by atoms with Gasteiger partial charge in [-0.3, -0.25) is 0 Å². The summed E-state index contributed by atoms with van der Waals surface area (Å²) in [6, 6.07) is 0. The fourth-order valence-corrected chi connectivity index (χ4v) is 1.16. The lowest BCUT2D eigenvalue weighted by atomic mass is 10.0. The van der Waals surface area contributed by atoms with Crippen LogP contribution in [-0.4, -0.2) is 37.0 Å². The molecule has 0 unspecified atom stereocenters. The molecular weight excluding hydrogens is 208 g/mol. The van der Waals surface area contributed by atoms with Gasteiger partial charge in [0, 0.05) is 6.42 Å². The molecule has 0 aliphatic heterocycles. The minimum absolute atomic E-state index is 0.102. The van der Waals surface area contributed by atoms with Gasteiger partial charge in [-0.2, -0.15) is 0 Å². The zero-order valence-corrected chi connectivity index (χ0v) is 10.6. The molecule has 0 saturated carbocycles. The highest BCUT2D eigenvalue weighted by atomic mass is 16.5. The molecule has 0 spiro atoms. The first-order valence-electron chi connectivity index (χ1n) is 5.48. The summed E-state index contributed by atoms with van der Waals surface area (Å²) in [7, 11) is 0. The summed E-state index contributed by atoms with van der Waals surface area (Å²) in [6.45, 7) is 8.18. The second-order valence-electron chi connectivity index (χ2n) is 4.97. The van der Waals surface area contributed by atoms with E-state index in [-0.39, 0.29) is 12.2 Å². The number of aldehydes is 2. The minimum Gasteiger partial charge on any atom is -0.375 e. The van der Waals surface area contributed by atoms with Crippen LogP contribution in [0, 0.1) is 0 Å². The number of ether oxygens (including phenoxy) is 2. The topological polar surface area (TPSA) is 52.6 Å². The molecule has 0 aliphatic rings. The Morgan fingerprint density at radius 1 is 0.938 bits per heavy atom. The Morgan fingerprint density at radius 3 is 2.06 bits per heavy atom. The van der Waals surface area contributed by atoms with Crippen molar-refractivity contribution in [3.05, 3.63) is 0 Å². The van der Waals surface area contributed by atoms with Gasteiger partial charge in [0.1, 0.15) is 19.2 Å². The van der Waals surface area contributed by atoms with E-state index in [1.165, 1.54) is 0 Å². The van der Waals surface area contributed by atoms with E-state index in [2.05, 4.69) is 0 Å². The van der Waals surface area contributed by atoms with E-state index in [0.29, 0.717) is 19.4 Å². The highest BCUT2D eigenvalue weighted by molar-refractivity contribution is 5.51. The van der Waals surface area contributed by atoms with Crippen LogP contribution in [0.4, 0.5) is 0 Å². The van der Waals surface area contributed by atoms with E-state index < -0.39 is 5.60 Å². The summed E-state index contributed by atoms with van der Waals surface area (Å²) < 4.78 is 10.9. The molecule has 0 bridgehead atoms. The van der Waals surface area contributed by atoms with Crippen LogP contribution in [0.15, 0.2) is 0 Å². The van der Waals surface area contributed by atoms with Gasteiger partial charge < -0.3 is 19.1 Å². The maximum absolute atomic E-state index is 10.4. The van der Waals surface area contributed by atoms with Gasteiger partial charge in [-0.15, -0.1) is 0 Å². The minimum atomic E-state index is -0.428. The quantitative estimate of drug-likeness (QED) is 0.566. The van der Waals surface area contributed by atoms with Crippen LogP contribution >= 0.6 is 0 Å². The molecule has 0 N–H and O–H groups in total. The number of hydrogen-bond donors (Lipinski definition) is 0. The molecule has 0 radical (unpaired) electrons. The lowest BCUT2D eigenvalue weighted by Gasteiger charge is -2.28. The van der Waals surface area contributed by atoms with Crippen LogP contribution in [0.25, 0.3) is 0 Å². The molecule has 0 fully saturated rings. The van der Waals surface area contributed by atoms with Gasteiger partial charge >= 0.3 is 0 Å². The van der Waals surface area contributed by atoms with E-state index in [0.717, 1.165) is 12.6 Å². The lowest BCUT2D eigenvalue weighted by Crippen LogP contribution is -2.31. The van der Waals surface area contributed by atoms with Gasteiger partial charge in [-0.25, -0.2) is 0 Å². The van der Waals surface area contributed by atoms with Crippen molar-refractivity contribution < 1.29 is 19.1 Å². The van der Waals surface area contributed by atoms with E-state index >= 15 is 0 Å². The van der Waals surface area contributed by atoms with Crippen LogP contribution in [0.5, 0.6) is 0 Å². The molecule has 94 valence electrons. The Kier molecular flexibility index (Phi) is 6.45. The first kappa shape index (κ1) is 15.3. The molecule has 0 aliphatic carbocycles. The van der Waals surface area contributed by atoms with Crippen molar-refractivity contribution in [1.29, 1.82) is 0 Å². The fourth-order valence-electron chi connectivity index (χ4n) is 1.16. The molecular formula is C12H22O4. The van der Waals surface area contributed by atoms with Crippen molar-refractivity contribution in [3.63, 3.8) is 0 Å². The average molecular weight is 230 g/mol. The zero-order valence-electron chi connectivity index (χ0n) is 10.6. The number of carbonyl (C=O) groups is 2. The van der Waals surface area contributed by atoms with Crippen LogP contribution in [0.1, 0.15) is 40.5 Å². The normalized spacial score (nSPS) is 12.5. The van der Waals surface area contributed by atoms with Crippen LogP contribution < -0.4 is 0 Å². The smallest absolute Gasteiger partial charge is 0.145 e. The summed E-state index contributed by atoms with van der Waals surface area (Å²) in [5.41, 5.74) is -0.805. The highest BCUT2D eigenvalue weighted by Crippen LogP contribution is 2.18. The van der Waals surface area contributed by atoms with Crippen molar-refractivity contribution in [3.8, 4) is 0 Å². The van der Waals surface area contributed by atoms with Gasteiger partial charge in [0.05, 0.1) is 17.8 Å². The van der Waals surface area contributed by atoms with Gasteiger partial charge in [0.2, 0.25) is 0 Å². The number of rotatable bonds is 9. The third kappa shape index (κ3) is 7.54. The summed E-state index contributed by atoms with van der Waals surface area (Å²) in [5.74, 6) is 0. The third-order valence-corrected chi connectivity index (χ3v) is 2.31. The SMILES string of the molecule is CC(C)(CC=O)OCCC(C)(C)OCC=O. The Morgan fingerprint density at radius 2 is 1.56 bits per heavy atom. The van der Waals surface area contributed by atoms with Crippen molar-refractivity contribution in [1.82, 2.24) is 0 Å². The molecule has 4 nitrogen and oxygen atoms in total. The van der Waals surface area contributed by atoms with Crippen molar-refractivity contribution >= 4 is 12.6 Å². The molecule has 0 aromatic rings. The lowest BCUT2D eigenvalue weighted by molar-refractivity contribution is -0.122. The zero-order chi connectivity index (χ0) is 12.7. The van der Waals surface area contributed by atoms with Gasteiger partial charge in [-0.05, 0) is 34.1 Å². The molecule has 0 aromatic heterocycles. The first-order chi connectivity index (χ1) is 7.33. The van der Waals surface area contributed by atoms with Crippen LogP contribution in [-0.2, 0) is 19.1 Å². The summed E-state index contributed by atoms with van der Waals surface area (Å²) in [4.78, 5) is 20.6. The largest absolute Gasteiger partial charge is 0.375 e. The van der Waals surface area contributed by atoms with Gasteiger partial charge in [-0.1, -0.05) is 0 Å². The molecule has 4 heteroatoms. The molecule has 16 heavy (non-hydrogen) atoms. The van der Waals surface area contributed by atoms with Gasteiger partial charge in [0.25, 0.3) is 0 Å². The average Bonchev–Trinajstić information content (AvgIpc) is 2.14. The molecule has 0 atom stereocenters. The van der Waals surface area contributed by atoms with Gasteiger partial charge in [0.15, 0.2) is 0 Å². The van der Waals surface area contributed by atoms with E-state index in [9.17, 15) is 9.59 Å². The van der Waals surface area contributed by atoms with Crippen LogP contribution in [0.3, 0.4) is 0 Å². The Balaban J connectivity index is 3.87. The van der Waals surface area contributed by atoms with Crippen molar-refractivity contribution in [2.75, 3.05) is 13.2 Å². The van der Waals surface area contributed by atoms with Crippen LogP contribution in [0.2, 0.25) is 0 Å². The number of carbonyl (C=O) groups excluding carboxylic acids is 2. The summed E-state index contributed by atoms with van der Waals surface area (Å²) >= 11 is 0. The maximum Gasteiger partial charge on any atom is 0.145 e. The monoisotopic (exact) mass is 230 g/mol. The predicted molar refractivity (Wildman–Crippen MR) is 61.4 cm³/mol. The van der Waals surface area contributed by atoms with Crippen molar-refractivity contribution in [2.45, 2.75) is 51.7 Å². The first-order valence-corrected chi connectivity index (χ1v) is 5.48. The van der Waals surface area contributed by atoms with E-state index in [4.69, 9.17) is 9.47 Å². The Labute approximate surface area is 97.3 Å². The fraction of sp³-hybridized carbons (Fsp3) is 0.833. The maximum atomic E-state index is 10.4. The standard InChI is InChI=1S/C12H22O4/c1-11(2,5-7-13)15-9-6-12(3,4)16-10-8-14/h7-8H,5-6,9-10H2,1-4H3. The summed E-state index contributed by atoms with van der Waals surface area (Å²) in [6.07, 6.45) is 2.65.